The molecule has 0 aliphatic heterocycles. The maximum Gasteiger partial charge on any atom is 0.306 e. The summed E-state index contributed by atoms with van der Waals surface area (Å²) in [7, 11) is -3.53. The summed E-state index contributed by atoms with van der Waals surface area (Å²) in [5.41, 5.74) is 8.25. The van der Waals surface area contributed by atoms with Crippen molar-refractivity contribution in [3.63, 3.8) is 0 Å². The number of nitrogen functional groups attached to an aromatic ring is 1. The summed E-state index contributed by atoms with van der Waals surface area (Å²) in [5, 5.41) is 0.791. The first kappa shape index (κ1) is 13.8. The molecule has 21 heavy (non-hydrogen) atoms. The molecule has 0 bridgehead atoms. The van der Waals surface area contributed by atoms with Gasteiger partial charge in [0.15, 0.2) is 0 Å². The second kappa shape index (κ2) is 5.01. The third-order valence-electron chi connectivity index (χ3n) is 2.80. The Bertz CT molecular complexity index is 917. The summed E-state index contributed by atoms with van der Waals surface area (Å²) < 4.78 is 28.0. The molecule has 3 rings (SSSR count). The number of anilines is 1. The molecular weight excluding hydrogens is 308 g/mol. The van der Waals surface area contributed by atoms with E-state index in [1.807, 2.05) is 24.3 Å². The van der Waals surface area contributed by atoms with Gasteiger partial charge in [-0.3, -0.25) is 0 Å². The predicted octanol–water partition coefficient (Wildman–Crippen LogP) is 2.88. The largest absolute Gasteiger partial charge is 0.398 e. The number of benzene rings is 2. The average molecular weight is 320 g/mol. The topological polar surface area (TPSA) is 82.3 Å². The zero-order chi connectivity index (χ0) is 15.0. The van der Waals surface area contributed by atoms with E-state index in [2.05, 4.69) is 4.98 Å². The summed E-state index contributed by atoms with van der Waals surface area (Å²) in [6, 6.07) is 12.5. The van der Waals surface area contributed by atoms with Gasteiger partial charge in [0.1, 0.15) is 10.8 Å². The van der Waals surface area contributed by atoms with Crippen molar-refractivity contribution in [3.05, 3.63) is 42.5 Å². The van der Waals surface area contributed by atoms with Crippen LogP contribution in [0.2, 0.25) is 0 Å². The second-order valence-electron chi connectivity index (χ2n) is 4.52. The van der Waals surface area contributed by atoms with Crippen LogP contribution in [0.4, 0.5) is 5.69 Å². The van der Waals surface area contributed by atoms with E-state index >= 15 is 0 Å². The Labute approximate surface area is 126 Å². The van der Waals surface area contributed by atoms with Crippen molar-refractivity contribution in [2.24, 2.45) is 0 Å². The Balaban J connectivity index is 2.07. The number of thiazole rings is 1. The second-order valence-corrected chi connectivity index (χ2v) is 7.13. The predicted molar refractivity (Wildman–Crippen MR) is 84.9 cm³/mol. The van der Waals surface area contributed by atoms with Gasteiger partial charge >= 0.3 is 10.1 Å². The molecule has 108 valence electrons. The first-order valence-corrected chi connectivity index (χ1v) is 8.70. The van der Waals surface area contributed by atoms with Gasteiger partial charge in [-0.2, -0.15) is 8.42 Å². The summed E-state index contributed by atoms with van der Waals surface area (Å²) >= 11 is 1.44. The fourth-order valence-corrected chi connectivity index (χ4v) is 3.43. The minimum atomic E-state index is -3.53. The van der Waals surface area contributed by atoms with E-state index in [1.54, 1.807) is 18.2 Å². The van der Waals surface area contributed by atoms with Gasteiger partial charge in [-0.1, -0.05) is 12.1 Å². The molecule has 0 spiro atoms. The Morgan fingerprint density at radius 3 is 2.67 bits per heavy atom. The first-order valence-electron chi connectivity index (χ1n) is 6.07. The van der Waals surface area contributed by atoms with Gasteiger partial charge in [-0.05, 0) is 24.3 Å². The molecule has 0 unspecified atom stereocenters. The first-order chi connectivity index (χ1) is 9.92. The van der Waals surface area contributed by atoms with Gasteiger partial charge in [0.25, 0.3) is 0 Å². The molecule has 0 radical (unpaired) electrons. The number of rotatable bonds is 3. The highest BCUT2D eigenvalue weighted by Gasteiger charge is 2.11. The van der Waals surface area contributed by atoms with Gasteiger partial charge in [-0.25, -0.2) is 4.98 Å². The minimum Gasteiger partial charge on any atom is -0.398 e. The molecule has 0 aliphatic carbocycles. The van der Waals surface area contributed by atoms with E-state index in [1.165, 1.54) is 11.3 Å². The number of hydrogen-bond acceptors (Lipinski definition) is 6. The van der Waals surface area contributed by atoms with Crippen LogP contribution in [-0.4, -0.2) is 19.7 Å². The van der Waals surface area contributed by atoms with E-state index in [-0.39, 0.29) is 5.75 Å². The highest BCUT2D eigenvalue weighted by Crippen LogP contribution is 2.34. The van der Waals surface area contributed by atoms with Crippen molar-refractivity contribution in [2.75, 3.05) is 12.0 Å². The van der Waals surface area contributed by atoms with Crippen LogP contribution in [0, 0.1) is 0 Å². The van der Waals surface area contributed by atoms with Gasteiger partial charge in [0.05, 0.1) is 16.5 Å². The lowest BCUT2D eigenvalue weighted by Gasteiger charge is -2.01. The lowest BCUT2D eigenvalue weighted by Crippen LogP contribution is -2.05. The van der Waals surface area contributed by atoms with E-state index in [0.717, 1.165) is 27.0 Å². The van der Waals surface area contributed by atoms with Crippen molar-refractivity contribution < 1.29 is 12.6 Å². The van der Waals surface area contributed by atoms with Crippen LogP contribution < -0.4 is 9.92 Å². The zero-order valence-corrected chi connectivity index (χ0v) is 12.7. The summed E-state index contributed by atoms with van der Waals surface area (Å²) in [5.74, 6) is 0.279. The van der Waals surface area contributed by atoms with Gasteiger partial charge in [0, 0.05) is 17.3 Å². The summed E-state index contributed by atoms with van der Waals surface area (Å²) in [4.78, 5) is 4.51. The molecule has 0 saturated carbocycles. The summed E-state index contributed by atoms with van der Waals surface area (Å²) in [6.07, 6.45) is 1.01. The molecule has 2 aromatic carbocycles. The van der Waals surface area contributed by atoms with E-state index in [4.69, 9.17) is 9.92 Å². The maximum atomic E-state index is 11.2. The van der Waals surface area contributed by atoms with Gasteiger partial charge in [0.2, 0.25) is 0 Å². The SMILES string of the molecule is CS(=O)(=O)Oc1ccc2nc(-c3ccccc3N)sc2c1. The van der Waals surface area contributed by atoms with Crippen molar-refractivity contribution in [1.82, 2.24) is 4.98 Å². The Morgan fingerprint density at radius 2 is 1.95 bits per heavy atom. The Kier molecular flexibility index (Phi) is 3.30. The molecule has 0 aliphatic rings. The number of fused-ring (bicyclic) bond motifs is 1. The lowest BCUT2D eigenvalue weighted by molar-refractivity contribution is 0.493. The molecule has 0 amide bonds. The molecule has 0 atom stereocenters. The van der Waals surface area contributed by atoms with E-state index in [9.17, 15) is 8.42 Å². The third-order valence-corrected chi connectivity index (χ3v) is 4.35. The van der Waals surface area contributed by atoms with Crippen molar-refractivity contribution in [1.29, 1.82) is 0 Å². The van der Waals surface area contributed by atoms with Crippen LogP contribution in [0.3, 0.4) is 0 Å². The van der Waals surface area contributed by atoms with Crippen LogP contribution >= 0.6 is 11.3 Å². The number of aromatic nitrogens is 1. The Morgan fingerprint density at radius 1 is 1.19 bits per heavy atom. The quantitative estimate of drug-likeness (QED) is 0.592. The van der Waals surface area contributed by atoms with E-state index in [0.29, 0.717) is 5.69 Å². The number of nitrogens with zero attached hydrogens (tertiary/aromatic N) is 1. The molecular formula is C14H12N2O3S2. The molecule has 0 fully saturated rings. The van der Waals surface area contributed by atoms with Crippen molar-refractivity contribution in [3.8, 4) is 16.3 Å². The molecule has 1 heterocycles. The number of para-hydroxylation sites is 1. The fourth-order valence-electron chi connectivity index (χ4n) is 1.94. The summed E-state index contributed by atoms with van der Waals surface area (Å²) in [6.45, 7) is 0. The third kappa shape index (κ3) is 2.98. The highest BCUT2D eigenvalue weighted by atomic mass is 32.2. The van der Waals surface area contributed by atoms with Crippen molar-refractivity contribution >= 4 is 37.4 Å². The van der Waals surface area contributed by atoms with Gasteiger partial charge < -0.3 is 9.92 Å². The lowest BCUT2D eigenvalue weighted by atomic mass is 10.2. The molecule has 5 nitrogen and oxygen atoms in total. The van der Waals surface area contributed by atoms with Crippen LogP contribution in [0.1, 0.15) is 0 Å². The average Bonchev–Trinajstić information content (AvgIpc) is 2.80. The van der Waals surface area contributed by atoms with Crippen molar-refractivity contribution in [2.45, 2.75) is 0 Å². The molecule has 0 saturated heterocycles. The van der Waals surface area contributed by atoms with Crippen LogP contribution in [0.15, 0.2) is 42.5 Å². The maximum absolute atomic E-state index is 11.2. The standard InChI is InChI=1S/C14H12N2O3S2/c1-21(17,18)19-9-6-7-12-13(8-9)20-14(16-12)10-4-2-3-5-11(10)15/h2-8H,15H2,1H3. The monoisotopic (exact) mass is 320 g/mol. The molecule has 2 N–H and O–H groups in total. The number of hydrogen-bond donors (Lipinski definition) is 1. The van der Waals surface area contributed by atoms with Crippen LogP contribution in [-0.2, 0) is 10.1 Å². The normalized spacial score (nSPS) is 11.7. The zero-order valence-electron chi connectivity index (χ0n) is 11.1. The smallest absolute Gasteiger partial charge is 0.306 e. The van der Waals surface area contributed by atoms with E-state index < -0.39 is 10.1 Å². The Hall–Kier alpha value is -2.12. The molecule has 7 heteroatoms. The highest BCUT2D eigenvalue weighted by molar-refractivity contribution is 7.86. The molecule has 1 aromatic heterocycles. The minimum absolute atomic E-state index is 0.279. The molecule has 3 aromatic rings. The fraction of sp³-hybridized carbons (Fsp3) is 0.0714. The number of nitrogens with two attached hydrogens (primary N) is 1. The van der Waals surface area contributed by atoms with Crippen LogP contribution in [0.5, 0.6) is 5.75 Å². The van der Waals surface area contributed by atoms with Crippen LogP contribution in [0.25, 0.3) is 20.8 Å². The van der Waals surface area contributed by atoms with Gasteiger partial charge in [-0.15, -0.1) is 11.3 Å².